The lowest BCUT2D eigenvalue weighted by molar-refractivity contribution is -0.915. The minimum atomic E-state index is 0.254. The van der Waals surface area contributed by atoms with Crippen molar-refractivity contribution in [2.45, 2.75) is 27.3 Å². The van der Waals surface area contributed by atoms with Gasteiger partial charge >= 0.3 is 0 Å². The van der Waals surface area contributed by atoms with Crippen molar-refractivity contribution in [1.82, 2.24) is 15.0 Å². The summed E-state index contributed by atoms with van der Waals surface area (Å²) >= 11 is 0. The minimum absolute atomic E-state index is 0.254. The van der Waals surface area contributed by atoms with E-state index in [0.717, 1.165) is 49.8 Å². The molecule has 4 N–H and O–H groups in total. The van der Waals surface area contributed by atoms with E-state index < -0.39 is 0 Å². The Bertz CT molecular complexity index is 1030. The molecule has 1 aromatic heterocycles. The molecule has 0 amide bonds. The Morgan fingerprint density at radius 2 is 1.67 bits per heavy atom. The number of hydrogen-bond donors (Lipinski definition) is 3. The number of nitrogens with two attached hydrogens (primary N) is 1. The van der Waals surface area contributed by atoms with Gasteiger partial charge in [0, 0.05) is 11.4 Å². The number of para-hydroxylation sites is 1. The molecule has 1 aliphatic heterocycles. The molecule has 0 atom stereocenters. The molecule has 0 aliphatic carbocycles. The first-order chi connectivity index (χ1) is 14.5. The number of piperazine rings is 1. The molecule has 1 fully saturated rings. The highest BCUT2D eigenvalue weighted by Crippen LogP contribution is 2.22. The molecular weight excluding hydrogens is 374 g/mol. The van der Waals surface area contributed by atoms with Crippen LogP contribution in [0.1, 0.15) is 22.5 Å². The van der Waals surface area contributed by atoms with Gasteiger partial charge < -0.3 is 20.9 Å². The van der Waals surface area contributed by atoms with Gasteiger partial charge in [0.05, 0.1) is 26.2 Å². The van der Waals surface area contributed by atoms with Crippen LogP contribution in [0.4, 0.5) is 23.3 Å². The third-order valence-electron chi connectivity index (χ3n) is 5.89. The Labute approximate surface area is 178 Å². The smallest absolute Gasteiger partial charge is 0.232 e. The van der Waals surface area contributed by atoms with E-state index in [1.807, 2.05) is 31.2 Å². The van der Waals surface area contributed by atoms with Crippen LogP contribution in [0.2, 0.25) is 0 Å². The van der Waals surface area contributed by atoms with E-state index in [1.54, 1.807) is 0 Å². The molecule has 30 heavy (non-hydrogen) atoms. The van der Waals surface area contributed by atoms with Crippen LogP contribution in [0.3, 0.4) is 0 Å². The highest BCUT2D eigenvalue weighted by molar-refractivity contribution is 5.58. The number of quaternary nitrogens is 1. The van der Waals surface area contributed by atoms with Crippen LogP contribution < -0.4 is 20.9 Å². The number of nitrogens with one attached hydrogen (secondary N) is 2. The summed E-state index contributed by atoms with van der Waals surface area (Å²) in [5, 5.41) is 3.27. The quantitative estimate of drug-likeness (QED) is 0.603. The third kappa shape index (κ3) is 4.52. The third-order valence-corrected chi connectivity index (χ3v) is 5.89. The highest BCUT2D eigenvalue weighted by Gasteiger charge is 2.23. The average Bonchev–Trinajstić information content (AvgIpc) is 2.72. The second-order valence-corrected chi connectivity index (χ2v) is 8.01. The molecule has 2 aromatic carbocycles. The molecule has 7 nitrogen and oxygen atoms in total. The van der Waals surface area contributed by atoms with E-state index in [9.17, 15) is 0 Å². The summed E-state index contributed by atoms with van der Waals surface area (Å²) in [6.45, 7) is 11.3. The summed E-state index contributed by atoms with van der Waals surface area (Å²) in [6.07, 6.45) is 0. The number of anilines is 4. The van der Waals surface area contributed by atoms with Crippen LogP contribution in [0, 0.1) is 20.8 Å². The topological polar surface area (TPSA) is 84.4 Å². The van der Waals surface area contributed by atoms with E-state index in [0.29, 0.717) is 5.95 Å². The van der Waals surface area contributed by atoms with E-state index in [-0.39, 0.29) is 5.95 Å². The molecule has 1 aliphatic rings. The van der Waals surface area contributed by atoms with E-state index in [1.165, 1.54) is 21.7 Å². The van der Waals surface area contributed by atoms with E-state index in [2.05, 4.69) is 57.2 Å². The van der Waals surface area contributed by atoms with Crippen LogP contribution in [0.15, 0.2) is 42.5 Å². The maximum absolute atomic E-state index is 5.97. The fourth-order valence-corrected chi connectivity index (χ4v) is 3.95. The van der Waals surface area contributed by atoms with Crippen LogP contribution in [0.5, 0.6) is 0 Å². The van der Waals surface area contributed by atoms with Crippen LogP contribution in [-0.2, 0) is 6.54 Å². The first kappa shape index (κ1) is 20.1. The predicted molar refractivity (Wildman–Crippen MR) is 121 cm³/mol. The number of aryl methyl sites for hydroxylation is 2. The van der Waals surface area contributed by atoms with Crippen molar-refractivity contribution in [2.24, 2.45) is 0 Å². The van der Waals surface area contributed by atoms with Crippen molar-refractivity contribution >= 4 is 23.3 Å². The molecule has 3 aromatic rings. The summed E-state index contributed by atoms with van der Waals surface area (Å²) in [5.74, 6) is 1.48. The zero-order valence-electron chi connectivity index (χ0n) is 17.9. The van der Waals surface area contributed by atoms with Gasteiger partial charge in [-0.25, -0.2) is 0 Å². The molecule has 0 radical (unpaired) electrons. The lowest BCUT2D eigenvalue weighted by atomic mass is 10.1. The van der Waals surface area contributed by atoms with Crippen LogP contribution in [0.25, 0.3) is 0 Å². The van der Waals surface area contributed by atoms with Gasteiger partial charge in [-0.15, -0.1) is 0 Å². The largest absolute Gasteiger partial charge is 0.368 e. The van der Waals surface area contributed by atoms with Gasteiger partial charge in [-0.1, -0.05) is 30.3 Å². The normalized spacial score (nSPS) is 14.7. The fourth-order valence-electron chi connectivity index (χ4n) is 3.95. The molecule has 0 saturated carbocycles. The van der Waals surface area contributed by atoms with Crippen molar-refractivity contribution < 1.29 is 4.90 Å². The summed E-state index contributed by atoms with van der Waals surface area (Å²) in [4.78, 5) is 17.2. The Morgan fingerprint density at radius 3 is 2.43 bits per heavy atom. The summed E-state index contributed by atoms with van der Waals surface area (Å²) in [7, 11) is 0. The van der Waals surface area contributed by atoms with Crippen LogP contribution >= 0.6 is 0 Å². The number of hydrogen-bond acceptors (Lipinski definition) is 6. The number of nitrogens with zero attached hydrogens (tertiary/aromatic N) is 4. The van der Waals surface area contributed by atoms with E-state index >= 15 is 0 Å². The minimum Gasteiger partial charge on any atom is -0.368 e. The molecule has 2 heterocycles. The Balaban J connectivity index is 1.41. The lowest BCUT2D eigenvalue weighted by Crippen LogP contribution is -3.13. The number of aromatic nitrogens is 3. The lowest BCUT2D eigenvalue weighted by Gasteiger charge is -2.34. The maximum atomic E-state index is 5.97. The first-order valence-corrected chi connectivity index (χ1v) is 10.5. The Hall–Kier alpha value is -3.19. The van der Waals surface area contributed by atoms with Crippen molar-refractivity contribution in [3.05, 3.63) is 65.0 Å². The van der Waals surface area contributed by atoms with Crippen molar-refractivity contribution in [2.75, 3.05) is 42.1 Å². The molecule has 7 heteroatoms. The standard InChI is InChI=1S/C23H29N7/c1-16-8-6-10-20(18(16)3)30-13-11-29(12-14-30)15-21-26-22(24)28-23(27-21)25-19-9-5-4-7-17(19)2/h4-10H,11-15H2,1-3H3,(H3,24,25,26,27,28)/p+1. The molecule has 156 valence electrons. The van der Waals surface area contributed by atoms with Crippen molar-refractivity contribution in [3.8, 4) is 0 Å². The molecule has 0 unspecified atom stereocenters. The van der Waals surface area contributed by atoms with Gasteiger partial charge in [0.25, 0.3) is 0 Å². The van der Waals surface area contributed by atoms with Gasteiger partial charge in [0.15, 0.2) is 5.82 Å². The monoisotopic (exact) mass is 404 g/mol. The van der Waals surface area contributed by atoms with Gasteiger partial charge in [-0.2, -0.15) is 15.0 Å². The van der Waals surface area contributed by atoms with Gasteiger partial charge in [-0.05, 0) is 49.6 Å². The average molecular weight is 405 g/mol. The predicted octanol–water partition coefficient (Wildman–Crippen LogP) is 2.03. The van der Waals surface area contributed by atoms with Gasteiger partial charge in [-0.3, -0.25) is 0 Å². The summed E-state index contributed by atoms with van der Waals surface area (Å²) in [6, 6.07) is 14.6. The zero-order chi connectivity index (χ0) is 21.1. The van der Waals surface area contributed by atoms with E-state index in [4.69, 9.17) is 5.73 Å². The van der Waals surface area contributed by atoms with Gasteiger partial charge in [0.1, 0.15) is 6.54 Å². The Morgan fingerprint density at radius 1 is 0.933 bits per heavy atom. The summed E-state index contributed by atoms with van der Waals surface area (Å²) < 4.78 is 0. The maximum Gasteiger partial charge on any atom is 0.232 e. The number of nitrogen functional groups attached to an aromatic ring is 1. The second kappa shape index (κ2) is 8.67. The SMILES string of the molecule is Cc1ccccc1Nc1nc(N)nc(C[NH+]2CCN(c3cccc(C)c3C)CC2)n1. The van der Waals surface area contributed by atoms with Gasteiger partial charge in [0.2, 0.25) is 11.9 Å². The first-order valence-electron chi connectivity index (χ1n) is 10.5. The molecule has 1 saturated heterocycles. The number of benzene rings is 2. The summed E-state index contributed by atoms with van der Waals surface area (Å²) in [5.41, 5.74) is 12.1. The fraction of sp³-hybridized carbons (Fsp3) is 0.348. The molecule has 4 rings (SSSR count). The highest BCUT2D eigenvalue weighted by atomic mass is 15.3. The van der Waals surface area contributed by atoms with Crippen molar-refractivity contribution in [3.63, 3.8) is 0 Å². The van der Waals surface area contributed by atoms with Crippen molar-refractivity contribution in [1.29, 1.82) is 0 Å². The molecular formula is C23H30N7+. The molecule has 0 bridgehead atoms. The number of rotatable bonds is 5. The van der Waals surface area contributed by atoms with Crippen LogP contribution in [-0.4, -0.2) is 41.1 Å². The second-order valence-electron chi connectivity index (χ2n) is 8.01. The molecule has 0 spiro atoms. The zero-order valence-corrected chi connectivity index (χ0v) is 17.9. The Kier molecular flexibility index (Phi) is 5.81.